The highest BCUT2D eigenvalue weighted by Gasteiger charge is 2.07. The summed E-state index contributed by atoms with van der Waals surface area (Å²) in [6, 6.07) is 6.25. The van der Waals surface area contributed by atoms with Crippen LogP contribution < -0.4 is 10.0 Å². The standard InChI is InChI=1S/C13H21FN4O2S.HI/c1-15-13(16-8-9-17-21(3,19)20)18(2)10-11-4-6-12(14)7-5-11;/h4-7,17H,8-10H2,1-3H3,(H,15,16);1H. The lowest BCUT2D eigenvalue weighted by atomic mass is 10.2. The summed E-state index contributed by atoms with van der Waals surface area (Å²) in [4.78, 5) is 5.98. The van der Waals surface area contributed by atoms with E-state index in [0.717, 1.165) is 11.8 Å². The summed E-state index contributed by atoms with van der Waals surface area (Å²) < 4.78 is 37.1. The molecule has 1 rings (SSSR count). The summed E-state index contributed by atoms with van der Waals surface area (Å²) in [5.41, 5.74) is 0.955. The molecule has 0 aliphatic heterocycles. The van der Waals surface area contributed by atoms with Gasteiger partial charge in [-0.15, -0.1) is 24.0 Å². The molecule has 0 aromatic heterocycles. The van der Waals surface area contributed by atoms with E-state index in [9.17, 15) is 12.8 Å². The van der Waals surface area contributed by atoms with Gasteiger partial charge in [0.05, 0.1) is 6.26 Å². The van der Waals surface area contributed by atoms with Crippen molar-refractivity contribution < 1.29 is 12.8 Å². The molecule has 6 nitrogen and oxygen atoms in total. The monoisotopic (exact) mass is 444 g/mol. The number of nitrogens with zero attached hydrogens (tertiary/aromatic N) is 2. The Morgan fingerprint density at radius 2 is 1.86 bits per heavy atom. The van der Waals surface area contributed by atoms with Crippen molar-refractivity contribution in [3.8, 4) is 0 Å². The third-order valence-electron chi connectivity index (χ3n) is 2.68. The zero-order valence-electron chi connectivity index (χ0n) is 12.8. The number of rotatable bonds is 6. The number of guanidine groups is 1. The zero-order valence-corrected chi connectivity index (χ0v) is 16.0. The molecule has 1 aromatic rings. The van der Waals surface area contributed by atoms with E-state index in [-0.39, 0.29) is 36.3 Å². The first-order chi connectivity index (χ1) is 9.81. The van der Waals surface area contributed by atoms with Gasteiger partial charge in [-0.3, -0.25) is 4.99 Å². The molecule has 0 saturated carbocycles. The van der Waals surface area contributed by atoms with Gasteiger partial charge in [0.2, 0.25) is 10.0 Å². The van der Waals surface area contributed by atoms with Gasteiger partial charge < -0.3 is 10.2 Å². The molecular weight excluding hydrogens is 422 g/mol. The molecule has 0 aliphatic carbocycles. The Hall–Kier alpha value is -0.940. The van der Waals surface area contributed by atoms with Gasteiger partial charge in [-0.25, -0.2) is 17.5 Å². The topological polar surface area (TPSA) is 73.8 Å². The quantitative estimate of drug-likeness (QED) is 0.297. The number of nitrogens with one attached hydrogen (secondary N) is 2. The molecule has 0 radical (unpaired) electrons. The van der Waals surface area contributed by atoms with E-state index >= 15 is 0 Å². The van der Waals surface area contributed by atoms with Crippen LogP contribution in [0.3, 0.4) is 0 Å². The van der Waals surface area contributed by atoms with Crippen LogP contribution in [0.1, 0.15) is 5.56 Å². The van der Waals surface area contributed by atoms with Gasteiger partial charge in [-0.1, -0.05) is 12.1 Å². The molecule has 0 fully saturated rings. The number of sulfonamides is 1. The lowest BCUT2D eigenvalue weighted by Gasteiger charge is -2.22. The maximum absolute atomic E-state index is 12.8. The normalized spacial score (nSPS) is 11.7. The average Bonchev–Trinajstić information content (AvgIpc) is 2.40. The Balaban J connectivity index is 0.00000441. The summed E-state index contributed by atoms with van der Waals surface area (Å²) in [7, 11) is 0.316. The molecule has 2 N–H and O–H groups in total. The second kappa shape index (κ2) is 9.95. The highest BCUT2D eigenvalue weighted by molar-refractivity contribution is 14.0. The molecule has 0 heterocycles. The van der Waals surface area contributed by atoms with Crippen LogP contribution in [-0.2, 0) is 16.6 Å². The minimum Gasteiger partial charge on any atom is -0.355 e. The highest BCUT2D eigenvalue weighted by Crippen LogP contribution is 2.05. The van der Waals surface area contributed by atoms with E-state index < -0.39 is 10.0 Å². The molecule has 0 amide bonds. The molecule has 1 aromatic carbocycles. The fraction of sp³-hybridized carbons (Fsp3) is 0.462. The summed E-state index contributed by atoms with van der Waals surface area (Å²) in [5, 5.41) is 3.05. The zero-order chi connectivity index (χ0) is 15.9. The van der Waals surface area contributed by atoms with Gasteiger partial charge in [0, 0.05) is 33.7 Å². The molecule has 0 atom stereocenters. The Kier molecular flexibility index (Phi) is 9.53. The number of benzene rings is 1. The van der Waals surface area contributed by atoms with Crippen LogP contribution in [0.4, 0.5) is 4.39 Å². The molecule has 0 aliphatic rings. The van der Waals surface area contributed by atoms with Crippen molar-refractivity contribution in [1.29, 1.82) is 0 Å². The lowest BCUT2D eigenvalue weighted by Crippen LogP contribution is -2.42. The van der Waals surface area contributed by atoms with Gasteiger partial charge >= 0.3 is 0 Å². The third-order valence-corrected chi connectivity index (χ3v) is 3.41. The first kappa shape index (κ1) is 21.1. The maximum atomic E-state index is 12.8. The Morgan fingerprint density at radius 3 is 2.36 bits per heavy atom. The summed E-state index contributed by atoms with van der Waals surface area (Å²) in [6.45, 7) is 1.27. The second-order valence-electron chi connectivity index (χ2n) is 4.62. The van der Waals surface area contributed by atoms with E-state index in [0.29, 0.717) is 19.0 Å². The lowest BCUT2D eigenvalue weighted by molar-refractivity contribution is 0.476. The molecule has 126 valence electrons. The number of halogens is 2. The van der Waals surface area contributed by atoms with E-state index in [1.807, 2.05) is 11.9 Å². The van der Waals surface area contributed by atoms with E-state index in [4.69, 9.17) is 0 Å². The summed E-state index contributed by atoms with van der Waals surface area (Å²) in [5.74, 6) is 0.366. The third kappa shape index (κ3) is 8.49. The van der Waals surface area contributed by atoms with E-state index in [2.05, 4.69) is 15.0 Å². The summed E-state index contributed by atoms with van der Waals surface area (Å²) in [6.07, 6.45) is 1.11. The van der Waals surface area contributed by atoms with Crippen molar-refractivity contribution in [3.63, 3.8) is 0 Å². The molecule has 0 saturated heterocycles. The molecule has 0 bridgehead atoms. The molecule has 9 heteroatoms. The minimum atomic E-state index is -3.18. The maximum Gasteiger partial charge on any atom is 0.208 e. The fourth-order valence-electron chi connectivity index (χ4n) is 1.73. The smallest absolute Gasteiger partial charge is 0.208 e. The van der Waals surface area contributed by atoms with E-state index in [1.165, 1.54) is 12.1 Å². The Morgan fingerprint density at radius 1 is 1.27 bits per heavy atom. The molecule has 22 heavy (non-hydrogen) atoms. The van der Waals surface area contributed by atoms with Crippen LogP contribution >= 0.6 is 24.0 Å². The SMILES string of the molecule is CN=C(NCCNS(C)(=O)=O)N(C)Cc1ccc(F)cc1.I. The van der Waals surface area contributed by atoms with Crippen molar-refractivity contribution >= 4 is 40.0 Å². The van der Waals surface area contributed by atoms with Gasteiger partial charge in [0.15, 0.2) is 5.96 Å². The van der Waals surface area contributed by atoms with Gasteiger partial charge in [0.1, 0.15) is 5.82 Å². The van der Waals surface area contributed by atoms with Gasteiger partial charge in [-0.05, 0) is 17.7 Å². The van der Waals surface area contributed by atoms with Gasteiger partial charge in [-0.2, -0.15) is 0 Å². The van der Waals surface area contributed by atoms with Crippen LogP contribution in [0.2, 0.25) is 0 Å². The predicted octanol–water partition coefficient (Wildman–Crippen LogP) is 1.00. The van der Waals surface area contributed by atoms with Crippen molar-refractivity contribution in [2.24, 2.45) is 4.99 Å². The van der Waals surface area contributed by atoms with Crippen molar-refractivity contribution in [2.45, 2.75) is 6.54 Å². The fourth-order valence-corrected chi connectivity index (χ4v) is 2.21. The molecular formula is C13H22FIN4O2S. The van der Waals surface area contributed by atoms with E-state index in [1.54, 1.807) is 19.2 Å². The van der Waals surface area contributed by atoms with Crippen molar-refractivity contribution in [3.05, 3.63) is 35.6 Å². The number of aliphatic imine (C=N–C) groups is 1. The first-order valence-electron chi connectivity index (χ1n) is 6.42. The predicted molar refractivity (Wildman–Crippen MR) is 97.5 cm³/mol. The number of hydrogen-bond acceptors (Lipinski definition) is 3. The second-order valence-corrected chi connectivity index (χ2v) is 6.46. The minimum absolute atomic E-state index is 0. The molecule has 0 spiro atoms. The average molecular weight is 444 g/mol. The first-order valence-corrected chi connectivity index (χ1v) is 8.32. The van der Waals surface area contributed by atoms with Crippen LogP contribution in [0.15, 0.2) is 29.3 Å². The van der Waals surface area contributed by atoms with Crippen LogP contribution in [0, 0.1) is 5.82 Å². The van der Waals surface area contributed by atoms with Gasteiger partial charge in [0.25, 0.3) is 0 Å². The largest absolute Gasteiger partial charge is 0.355 e. The Labute approximate surface area is 148 Å². The highest BCUT2D eigenvalue weighted by atomic mass is 127. The molecule has 0 unspecified atom stereocenters. The van der Waals surface area contributed by atoms with Crippen molar-refractivity contribution in [1.82, 2.24) is 14.9 Å². The van der Waals surface area contributed by atoms with Crippen LogP contribution in [0.25, 0.3) is 0 Å². The van der Waals surface area contributed by atoms with Crippen molar-refractivity contribution in [2.75, 3.05) is 33.4 Å². The van der Waals surface area contributed by atoms with Crippen LogP contribution in [-0.4, -0.2) is 52.7 Å². The summed E-state index contributed by atoms with van der Waals surface area (Å²) >= 11 is 0. The van der Waals surface area contributed by atoms with Crippen LogP contribution in [0.5, 0.6) is 0 Å². The Bertz CT molecular complexity index is 578. The number of hydrogen-bond donors (Lipinski definition) is 2.